The molecule has 6 heteroatoms. The lowest BCUT2D eigenvalue weighted by Crippen LogP contribution is -2.02. The fourth-order valence-electron chi connectivity index (χ4n) is 2.73. The van der Waals surface area contributed by atoms with Gasteiger partial charge >= 0.3 is 0 Å². The minimum Gasteiger partial charge on any atom is -0.471 e. The van der Waals surface area contributed by atoms with Crippen molar-refractivity contribution in [1.29, 1.82) is 0 Å². The molecule has 4 rings (SSSR count). The first-order valence-electron chi connectivity index (χ1n) is 8.30. The summed E-state index contributed by atoms with van der Waals surface area (Å²) in [6.07, 6.45) is 1.74. The molecular weight excluding hydrogens is 348 g/mol. The predicted molar refractivity (Wildman–Crippen MR) is 101 cm³/mol. The smallest absolute Gasteiger partial charge is 0.247 e. The van der Waals surface area contributed by atoms with Gasteiger partial charge in [-0.3, -0.25) is 0 Å². The molecule has 0 bridgehead atoms. The molecular formula is C20H17ClN4O. The molecule has 0 fully saturated rings. The maximum Gasteiger partial charge on any atom is 0.247 e. The summed E-state index contributed by atoms with van der Waals surface area (Å²) in [5.41, 5.74) is 4.71. The van der Waals surface area contributed by atoms with Crippen LogP contribution < -0.4 is 4.74 Å². The Balaban J connectivity index is 1.63. The lowest BCUT2D eigenvalue weighted by atomic mass is 10.1. The number of imidazole rings is 1. The van der Waals surface area contributed by atoms with Gasteiger partial charge in [-0.05, 0) is 29.7 Å². The van der Waals surface area contributed by atoms with Gasteiger partial charge in [0, 0.05) is 0 Å². The lowest BCUT2D eigenvalue weighted by Gasteiger charge is -2.08. The summed E-state index contributed by atoms with van der Waals surface area (Å²) < 4.78 is 7.80. The molecule has 0 radical (unpaired) electrons. The number of hydrogen-bond acceptors (Lipinski definition) is 4. The van der Waals surface area contributed by atoms with Crippen molar-refractivity contribution in [2.24, 2.45) is 0 Å². The Hall–Kier alpha value is -2.92. The first-order chi connectivity index (χ1) is 12.7. The van der Waals surface area contributed by atoms with E-state index < -0.39 is 0 Å². The summed E-state index contributed by atoms with van der Waals surface area (Å²) in [6.45, 7) is 3.12. The zero-order valence-corrected chi connectivity index (χ0v) is 15.0. The third-order valence-electron chi connectivity index (χ3n) is 4.10. The van der Waals surface area contributed by atoms with Crippen molar-refractivity contribution in [2.75, 3.05) is 0 Å². The highest BCUT2D eigenvalue weighted by Crippen LogP contribution is 2.24. The van der Waals surface area contributed by atoms with Gasteiger partial charge in [-0.1, -0.05) is 60.2 Å². The predicted octanol–water partition coefficient (Wildman–Crippen LogP) is 4.42. The van der Waals surface area contributed by atoms with E-state index in [9.17, 15) is 0 Å². The van der Waals surface area contributed by atoms with Crippen molar-refractivity contribution < 1.29 is 4.74 Å². The Morgan fingerprint density at radius 2 is 1.73 bits per heavy atom. The number of fused-ring (bicyclic) bond motifs is 1. The second kappa shape index (κ2) is 7.14. The minimum atomic E-state index is 0.145. The van der Waals surface area contributed by atoms with E-state index >= 15 is 0 Å². The van der Waals surface area contributed by atoms with Crippen LogP contribution in [-0.2, 0) is 13.2 Å². The van der Waals surface area contributed by atoms with E-state index in [1.807, 2.05) is 34.9 Å². The third kappa shape index (κ3) is 3.53. The summed E-state index contributed by atoms with van der Waals surface area (Å²) in [6, 6.07) is 18.3. The number of rotatable bonds is 5. The van der Waals surface area contributed by atoms with Crippen LogP contribution >= 0.6 is 11.6 Å². The molecule has 2 aromatic carbocycles. The van der Waals surface area contributed by atoms with E-state index in [4.69, 9.17) is 16.3 Å². The summed E-state index contributed by atoms with van der Waals surface area (Å²) in [4.78, 5) is 13.0. The van der Waals surface area contributed by atoms with Crippen molar-refractivity contribution in [3.05, 3.63) is 82.9 Å². The molecule has 2 aromatic heterocycles. The molecule has 0 spiro atoms. The van der Waals surface area contributed by atoms with Crippen LogP contribution in [-0.4, -0.2) is 19.5 Å². The largest absolute Gasteiger partial charge is 0.471 e. The standard InChI is InChI=1S/C20H17ClN4O/c1-14-7-9-15(10-8-14)11-25-13-22-17-18(25)23-20(21)24-19(17)26-12-16-5-3-2-4-6-16/h2-10,13H,11-12H2,1H3. The fraction of sp³-hybridized carbons (Fsp3) is 0.150. The van der Waals surface area contributed by atoms with E-state index in [0.29, 0.717) is 30.2 Å². The van der Waals surface area contributed by atoms with Gasteiger partial charge in [-0.2, -0.15) is 9.97 Å². The van der Waals surface area contributed by atoms with E-state index in [1.54, 1.807) is 6.33 Å². The van der Waals surface area contributed by atoms with Gasteiger partial charge in [0.1, 0.15) is 6.61 Å². The zero-order chi connectivity index (χ0) is 17.9. The van der Waals surface area contributed by atoms with Crippen molar-refractivity contribution in [3.8, 4) is 5.88 Å². The molecule has 26 heavy (non-hydrogen) atoms. The number of hydrogen-bond donors (Lipinski definition) is 0. The maximum absolute atomic E-state index is 6.11. The Bertz CT molecular complexity index is 1030. The molecule has 0 N–H and O–H groups in total. The fourth-order valence-corrected chi connectivity index (χ4v) is 2.88. The number of ether oxygens (including phenoxy) is 1. The first kappa shape index (κ1) is 16.5. The highest BCUT2D eigenvalue weighted by molar-refractivity contribution is 6.28. The second-order valence-electron chi connectivity index (χ2n) is 6.10. The molecule has 0 aliphatic heterocycles. The van der Waals surface area contributed by atoms with Crippen LogP contribution in [0.1, 0.15) is 16.7 Å². The van der Waals surface area contributed by atoms with Gasteiger partial charge < -0.3 is 9.30 Å². The van der Waals surface area contributed by atoms with Crippen LogP contribution in [0.5, 0.6) is 5.88 Å². The molecule has 130 valence electrons. The maximum atomic E-state index is 6.11. The Kier molecular flexibility index (Phi) is 4.54. The number of aryl methyl sites for hydroxylation is 1. The molecule has 2 heterocycles. The monoisotopic (exact) mass is 364 g/mol. The topological polar surface area (TPSA) is 52.8 Å². The molecule has 0 aliphatic rings. The molecule has 0 atom stereocenters. The van der Waals surface area contributed by atoms with Crippen LogP contribution in [0.25, 0.3) is 11.2 Å². The quantitative estimate of drug-likeness (QED) is 0.492. The summed E-state index contributed by atoms with van der Waals surface area (Å²) in [5, 5.41) is 0.145. The Labute approximate surface area is 156 Å². The number of halogens is 1. The molecule has 5 nitrogen and oxygen atoms in total. The van der Waals surface area contributed by atoms with Crippen molar-refractivity contribution >= 4 is 22.8 Å². The van der Waals surface area contributed by atoms with Crippen LogP contribution in [0.4, 0.5) is 0 Å². The normalized spacial score (nSPS) is 11.0. The highest BCUT2D eigenvalue weighted by atomic mass is 35.5. The van der Waals surface area contributed by atoms with E-state index in [1.165, 1.54) is 5.56 Å². The molecule has 0 unspecified atom stereocenters. The average Bonchev–Trinajstić information content (AvgIpc) is 3.05. The number of aromatic nitrogens is 4. The second-order valence-corrected chi connectivity index (χ2v) is 6.44. The van der Waals surface area contributed by atoms with E-state index in [-0.39, 0.29) is 5.28 Å². The van der Waals surface area contributed by atoms with Crippen molar-refractivity contribution in [3.63, 3.8) is 0 Å². The van der Waals surface area contributed by atoms with Gasteiger partial charge in [-0.25, -0.2) is 4.98 Å². The Morgan fingerprint density at radius 3 is 2.50 bits per heavy atom. The van der Waals surface area contributed by atoms with Gasteiger partial charge in [0.25, 0.3) is 0 Å². The zero-order valence-electron chi connectivity index (χ0n) is 14.3. The molecule has 4 aromatic rings. The summed E-state index contributed by atoms with van der Waals surface area (Å²) in [7, 11) is 0. The molecule has 0 saturated carbocycles. The molecule has 0 saturated heterocycles. The molecule has 0 amide bonds. The van der Waals surface area contributed by atoms with Crippen LogP contribution in [0.2, 0.25) is 5.28 Å². The van der Waals surface area contributed by atoms with Gasteiger partial charge in [-0.15, -0.1) is 0 Å². The summed E-state index contributed by atoms with van der Waals surface area (Å²) >= 11 is 6.11. The van der Waals surface area contributed by atoms with Crippen LogP contribution in [0, 0.1) is 6.92 Å². The first-order valence-corrected chi connectivity index (χ1v) is 8.67. The third-order valence-corrected chi connectivity index (χ3v) is 4.27. The van der Waals surface area contributed by atoms with E-state index in [2.05, 4.69) is 46.1 Å². The average molecular weight is 365 g/mol. The van der Waals surface area contributed by atoms with Gasteiger partial charge in [0.2, 0.25) is 11.2 Å². The SMILES string of the molecule is Cc1ccc(Cn2cnc3c(OCc4ccccc4)nc(Cl)nc32)cc1. The molecule has 0 aliphatic carbocycles. The summed E-state index contributed by atoms with van der Waals surface area (Å²) in [5.74, 6) is 0.395. The van der Waals surface area contributed by atoms with E-state index in [0.717, 1.165) is 11.1 Å². The van der Waals surface area contributed by atoms with Crippen molar-refractivity contribution in [1.82, 2.24) is 19.5 Å². The van der Waals surface area contributed by atoms with Crippen LogP contribution in [0.3, 0.4) is 0 Å². The lowest BCUT2D eigenvalue weighted by molar-refractivity contribution is 0.297. The van der Waals surface area contributed by atoms with Gasteiger partial charge in [0.05, 0.1) is 12.9 Å². The minimum absolute atomic E-state index is 0.145. The highest BCUT2D eigenvalue weighted by Gasteiger charge is 2.14. The van der Waals surface area contributed by atoms with Crippen molar-refractivity contribution in [2.45, 2.75) is 20.1 Å². The van der Waals surface area contributed by atoms with Gasteiger partial charge in [0.15, 0.2) is 11.2 Å². The van der Waals surface area contributed by atoms with Crippen LogP contribution in [0.15, 0.2) is 60.9 Å². The Morgan fingerprint density at radius 1 is 0.962 bits per heavy atom. The number of benzene rings is 2. The number of nitrogens with zero attached hydrogens (tertiary/aromatic N) is 4.